The fourth-order valence-electron chi connectivity index (χ4n) is 3.42. The van der Waals surface area contributed by atoms with Crippen molar-refractivity contribution < 1.29 is 23.1 Å². The highest BCUT2D eigenvalue weighted by Crippen LogP contribution is 2.38. The third kappa shape index (κ3) is 3.67. The number of halogens is 2. The third-order valence-electron chi connectivity index (χ3n) is 4.75. The summed E-state index contributed by atoms with van der Waals surface area (Å²) in [5.41, 5.74) is 2.32. The lowest BCUT2D eigenvalue weighted by Crippen LogP contribution is -2.24. The van der Waals surface area contributed by atoms with E-state index >= 15 is 0 Å². The normalized spacial score (nSPS) is 15.0. The second-order valence-electron chi connectivity index (χ2n) is 6.80. The van der Waals surface area contributed by atoms with Crippen molar-refractivity contribution in [2.75, 3.05) is 17.7 Å². The van der Waals surface area contributed by atoms with Crippen LogP contribution in [0.15, 0.2) is 48.5 Å². The Labute approximate surface area is 170 Å². The van der Waals surface area contributed by atoms with E-state index in [-0.39, 0.29) is 24.6 Å². The van der Waals surface area contributed by atoms with Gasteiger partial charge in [-0.25, -0.2) is 13.5 Å². The molecule has 154 valence electrons. The first-order valence-electron chi connectivity index (χ1n) is 9.19. The van der Waals surface area contributed by atoms with E-state index in [0.717, 1.165) is 23.3 Å². The standard InChI is InChI=1S/C21H18F2N4O3/c1-30-11-16-19(12-5-3-2-4-6-12)20-25-21(29)17(27(20)26-16)10-18(28)24-13-7-8-14(22)15(23)9-13/h2-9,17H,10-11H2,1H3,(H,24,28)(H,25,29). The number of nitrogens with one attached hydrogen (secondary N) is 2. The SMILES string of the molecule is COCc1nn2c(c1-c1ccccc1)NC(=O)C2CC(=O)Nc1ccc(F)c(F)c1. The van der Waals surface area contributed by atoms with E-state index in [4.69, 9.17) is 4.74 Å². The summed E-state index contributed by atoms with van der Waals surface area (Å²) in [4.78, 5) is 25.0. The Bertz CT molecular complexity index is 1110. The molecule has 0 radical (unpaired) electrons. The quantitative estimate of drug-likeness (QED) is 0.649. The number of carbonyl (C=O) groups excluding carboxylic acids is 2. The van der Waals surface area contributed by atoms with E-state index in [1.165, 1.54) is 10.7 Å². The highest BCUT2D eigenvalue weighted by molar-refractivity contribution is 6.04. The molecular formula is C21H18F2N4O3. The molecule has 2 heterocycles. The summed E-state index contributed by atoms with van der Waals surface area (Å²) in [6.45, 7) is 0.230. The molecule has 1 aromatic heterocycles. The Morgan fingerprint density at radius 3 is 2.67 bits per heavy atom. The van der Waals surface area contributed by atoms with Crippen molar-refractivity contribution in [3.05, 3.63) is 65.9 Å². The average Bonchev–Trinajstić information content (AvgIpc) is 3.21. The first-order chi connectivity index (χ1) is 14.5. The van der Waals surface area contributed by atoms with Gasteiger partial charge in [-0.2, -0.15) is 5.10 Å². The van der Waals surface area contributed by atoms with Gasteiger partial charge < -0.3 is 15.4 Å². The molecule has 1 unspecified atom stereocenters. The van der Waals surface area contributed by atoms with Crippen LogP contribution in [0, 0.1) is 11.6 Å². The van der Waals surface area contributed by atoms with Crippen molar-refractivity contribution in [3.63, 3.8) is 0 Å². The molecule has 0 fully saturated rings. The molecule has 2 aromatic carbocycles. The molecule has 2 amide bonds. The summed E-state index contributed by atoms with van der Waals surface area (Å²) < 4.78 is 33.1. The van der Waals surface area contributed by atoms with Gasteiger partial charge in [0.05, 0.1) is 18.7 Å². The van der Waals surface area contributed by atoms with Crippen LogP contribution in [0.1, 0.15) is 18.2 Å². The molecule has 4 rings (SSSR count). The van der Waals surface area contributed by atoms with Crippen LogP contribution in [0.25, 0.3) is 11.1 Å². The molecule has 30 heavy (non-hydrogen) atoms. The number of nitrogens with zero attached hydrogens (tertiary/aromatic N) is 2. The minimum absolute atomic E-state index is 0.100. The molecule has 2 N–H and O–H groups in total. The molecule has 0 saturated heterocycles. The van der Waals surface area contributed by atoms with E-state index in [0.29, 0.717) is 11.5 Å². The van der Waals surface area contributed by atoms with Gasteiger partial charge in [0.15, 0.2) is 11.6 Å². The second-order valence-corrected chi connectivity index (χ2v) is 6.80. The smallest absolute Gasteiger partial charge is 0.251 e. The summed E-state index contributed by atoms with van der Waals surface area (Å²) in [6, 6.07) is 11.6. The third-order valence-corrected chi connectivity index (χ3v) is 4.75. The predicted molar refractivity (Wildman–Crippen MR) is 106 cm³/mol. The molecule has 1 atom stereocenters. The van der Waals surface area contributed by atoms with Crippen LogP contribution in [0.2, 0.25) is 0 Å². The van der Waals surface area contributed by atoms with Gasteiger partial charge >= 0.3 is 0 Å². The number of rotatable bonds is 6. The van der Waals surface area contributed by atoms with Gasteiger partial charge in [-0.15, -0.1) is 0 Å². The van der Waals surface area contributed by atoms with Gasteiger partial charge in [0, 0.05) is 24.4 Å². The minimum Gasteiger partial charge on any atom is -0.378 e. The van der Waals surface area contributed by atoms with Crippen molar-refractivity contribution in [3.8, 4) is 11.1 Å². The number of anilines is 2. The minimum atomic E-state index is -1.07. The Balaban J connectivity index is 1.60. The van der Waals surface area contributed by atoms with Gasteiger partial charge in [0.25, 0.3) is 5.91 Å². The van der Waals surface area contributed by atoms with E-state index in [1.807, 2.05) is 30.3 Å². The van der Waals surface area contributed by atoms with Crippen LogP contribution < -0.4 is 10.6 Å². The van der Waals surface area contributed by atoms with Gasteiger partial charge in [-0.1, -0.05) is 30.3 Å². The zero-order valence-corrected chi connectivity index (χ0v) is 16.0. The fraction of sp³-hybridized carbons (Fsp3) is 0.190. The summed E-state index contributed by atoms with van der Waals surface area (Å²) >= 11 is 0. The Morgan fingerprint density at radius 1 is 1.20 bits per heavy atom. The molecule has 0 spiro atoms. The van der Waals surface area contributed by atoms with Crippen LogP contribution in [0.4, 0.5) is 20.3 Å². The van der Waals surface area contributed by atoms with Crippen LogP contribution in [-0.2, 0) is 20.9 Å². The summed E-state index contributed by atoms with van der Waals surface area (Å²) in [6.07, 6.45) is -0.222. The molecule has 3 aromatic rings. The summed E-state index contributed by atoms with van der Waals surface area (Å²) in [5.74, 6) is -2.50. The molecule has 1 aliphatic heterocycles. The van der Waals surface area contributed by atoms with Gasteiger partial charge in [0.2, 0.25) is 5.91 Å². The number of fused-ring (bicyclic) bond motifs is 1. The topological polar surface area (TPSA) is 85.2 Å². The number of carbonyl (C=O) groups is 2. The zero-order chi connectivity index (χ0) is 21.3. The first-order valence-corrected chi connectivity index (χ1v) is 9.19. The maximum atomic E-state index is 13.4. The van der Waals surface area contributed by atoms with Crippen molar-refractivity contribution in [1.29, 1.82) is 0 Å². The molecule has 1 aliphatic rings. The van der Waals surface area contributed by atoms with E-state index in [1.54, 1.807) is 7.11 Å². The Morgan fingerprint density at radius 2 is 1.97 bits per heavy atom. The van der Waals surface area contributed by atoms with Crippen molar-refractivity contribution in [1.82, 2.24) is 9.78 Å². The molecule has 0 aliphatic carbocycles. The maximum Gasteiger partial charge on any atom is 0.251 e. The van der Waals surface area contributed by atoms with Crippen LogP contribution in [0.5, 0.6) is 0 Å². The summed E-state index contributed by atoms with van der Waals surface area (Å²) in [5, 5.41) is 9.76. The monoisotopic (exact) mass is 412 g/mol. The lowest BCUT2D eigenvalue weighted by Gasteiger charge is -2.10. The fourth-order valence-corrected chi connectivity index (χ4v) is 3.42. The lowest BCUT2D eigenvalue weighted by atomic mass is 10.1. The van der Waals surface area contributed by atoms with E-state index in [9.17, 15) is 18.4 Å². The maximum absolute atomic E-state index is 13.4. The van der Waals surface area contributed by atoms with E-state index < -0.39 is 23.6 Å². The van der Waals surface area contributed by atoms with Gasteiger partial charge in [-0.3, -0.25) is 9.59 Å². The summed E-state index contributed by atoms with van der Waals surface area (Å²) in [7, 11) is 1.55. The van der Waals surface area contributed by atoms with Crippen LogP contribution in [0.3, 0.4) is 0 Å². The van der Waals surface area contributed by atoms with Crippen molar-refractivity contribution in [2.45, 2.75) is 19.1 Å². The molecular weight excluding hydrogens is 394 g/mol. The zero-order valence-electron chi connectivity index (χ0n) is 16.0. The van der Waals surface area contributed by atoms with E-state index in [2.05, 4.69) is 15.7 Å². The van der Waals surface area contributed by atoms with Crippen molar-refractivity contribution >= 4 is 23.3 Å². The highest BCUT2D eigenvalue weighted by Gasteiger charge is 2.37. The average molecular weight is 412 g/mol. The largest absolute Gasteiger partial charge is 0.378 e. The molecule has 0 bridgehead atoms. The number of methoxy groups -OCH3 is 1. The van der Waals surface area contributed by atoms with Crippen LogP contribution in [-0.4, -0.2) is 28.7 Å². The Kier molecular flexibility index (Phi) is 5.28. The number of ether oxygens (including phenoxy) is 1. The van der Waals surface area contributed by atoms with Gasteiger partial charge in [0.1, 0.15) is 11.9 Å². The number of aromatic nitrogens is 2. The first kappa shape index (κ1) is 19.7. The van der Waals surface area contributed by atoms with Crippen molar-refractivity contribution in [2.24, 2.45) is 0 Å². The molecule has 9 heteroatoms. The number of hydrogen-bond acceptors (Lipinski definition) is 4. The number of amides is 2. The molecule has 0 saturated carbocycles. The lowest BCUT2D eigenvalue weighted by molar-refractivity contribution is -0.123. The number of benzene rings is 2. The second kappa shape index (κ2) is 8.03. The molecule has 7 nitrogen and oxygen atoms in total. The Hall–Kier alpha value is -3.59. The van der Waals surface area contributed by atoms with Gasteiger partial charge in [-0.05, 0) is 17.7 Å². The predicted octanol–water partition coefficient (Wildman–Crippen LogP) is 3.50. The number of hydrogen-bond donors (Lipinski definition) is 2. The highest BCUT2D eigenvalue weighted by atomic mass is 19.2. The van der Waals surface area contributed by atoms with Crippen LogP contribution >= 0.6 is 0 Å².